The van der Waals surface area contributed by atoms with Gasteiger partial charge in [0.2, 0.25) is 0 Å². The van der Waals surface area contributed by atoms with Crippen LogP contribution >= 0.6 is 11.3 Å². The third-order valence-electron chi connectivity index (χ3n) is 5.38. The second kappa shape index (κ2) is 7.48. The van der Waals surface area contributed by atoms with Crippen molar-refractivity contribution in [3.8, 4) is 0 Å². The largest absolute Gasteiger partial charge is 0.381 e. The van der Waals surface area contributed by atoms with Crippen LogP contribution in [0.4, 0.5) is 0 Å². The van der Waals surface area contributed by atoms with Gasteiger partial charge in [0.15, 0.2) is 0 Å². The molecule has 2 aliphatic heterocycles. The molecule has 5 heteroatoms. The number of fused-ring (bicyclic) bond motifs is 1. The molecule has 2 aliphatic rings. The molecule has 0 N–H and O–H groups in total. The average molecular weight is 346 g/mol. The van der Waals surface area contributed by atoms with Crippen LogP contribution in [0.2, 0.25) is 0 Å². The Bertz CT molecular complexity index is 626. The molecule has 1 aromatic carbocycles. The average Bonchev–Trinajstić information content (AvgIpc) is 3.24. The third-order valence-corrected chi connectivity index (χ3v) is 6.44. The van der Waals surface area contributed by atoms with Gasteiger partial charge in [-0.1, -0.05) is 12.1 Å². The Morgan fingerprint density at radius 1 is 1.25 bits per heavy atom. The fourth-order valence-corrected chi connectivity index (χ4v) is 4.96. The van der Waals surface area contributed by atoms with E-state index in [1.807, 2.05) is 11.3 Å². The molecule has 0 radical (unpaired) electrons. The van der Waals surface area contributed by atoms with Crippen molar-refractivity contribution in [2.24, 2.45) is 5.92 Å². The fourth-order valence-electron chi connectivity index (χ4n) is 3.87. The van der Waals surface area contributed by atoms with Gasteiger partial charge in [-0.15, -0.1) is 11.3 Å². The van der Waals surface area contributed by atoms with Crippen molar-refractivity contribution in [3.05, 3.63) is 29.3 Å². The van der Waals surface area contributed by atoms with Gasteiger partial charge in [0.25, 0.3) is 0 Å². The maximum atomic E-state index is 5.51. The van der Waals surface area contributed by atoms with Gasteiger partial charge in [-0.05, 0) is 31.4 Å². The van der Waals surface area contributed by atoms with Gasteiger partial charge in [0.05, 0.1) is 21.8 Å². The lowest BCUT2D eigenvalue weighted by molar-refractivity contribution is 0.0877. The first-order chi connectivity index (χ1) is 11.8. The number of para-hydroxylation sites is 1. The van der Waals surface area contributed by atoms with Crippen molar-refractivity contribution >= 4 is 21.6 Å². The number of hydrogen-bond acceptors (Lipinski definition) is 5. The maximum absolute atomic E-state index is 5.51. The number of ether oxygens (including phenoxy) is 1. The number of rotatable bonds is 5. The van der Waals surface area contributed by atoms with Crippen LogP contribution < -0.4 is 0 Å². The van der Waals surface area contributed by atoms with E-state index in [9.17, 15) is 0 Å². The molecule has 2 saturated heterocycles. The predicted molar refractivity (Wildman–Crippen MR) is 99.7 cm³/mol. The van der Waals surface area contributed by atoms with E-state index in [1.165, 1.54) is 48.9 Å². The van der Waals surface area contributed by atoms with E-state index in [1.54, 1.807) is 0 Å². The summed E-state index contributed by atoms with van der Waals surface area (Å²) in [6, 6.07) is 9.03. The van der Waals surface area contributed by atoms with Crippen LogP contribution in [0.25, 0.3) is 10.2 Å². The minimum Gasteiger partial charge on any atom is -0.381 e. The number of piperazine rings is 1. The van der Waals surface area contributed by atoms with E-state index in [0.29, 0.717) is 6.04 Å². The van der Waals surface area contributed by atoms with E-state index in [2.05, 4.69) is 41.0 Å². The highest BCUT2D eigenvalue weighted by Gasteiger charge is 2.25. The summed E-state index contributed by atoms with van der Waals surface area (Å²) >= 11 is 1.85. The molecule has 1 aromatic heterocycles. The molecule has 0 saturated carbocycles. The normalized spacial score (nSPS) is 24.6. The van der Waals surface area contributed by atoms with Gasteiger partial charge >= 0.3 is 0 Å². The minimum atomic E-state index is 0.572. The summed E-state index contributed by atoms with van der Waals surface area (Å²) < 4.78 is 6.82. The highest BCUT2D eigenvalue weighted by molar-refractivity contribution is 7.18. The van der Waals surface area contributed by atoms with Gasteiger partial charge in [0.1, 0.15) is 0 Å². The molecular weight excluding hydrogens is 318 g/mol. The Morgan fingerprint density at radius 2 is 2.08 bits per heavy atom. The smallest absolute Gasteiger partial charge is 0.0954 e. The molecule has 2 unspecified atom stereocenters. The summed E-state index contributed by atoms with van der Waals surface area (Å²) in [5.74, 6) is 0.761. The molecule has 2 fully saturated rings. The maximum Gasteiger partial charge on any atom is 0.0954 e. The Balaban J connectivity index is 1.28. The number of hydrogen-bond donors (Lipinski definition) is 0. The minimum absolute atomic E-state index is 0.572. The Hall–Kier alpha value is -1.01. The van der Waals surface area contributed by atoms with Gasteiger partial charge in [-0.25, -0.2) is 4.98 Å². The Labute approximate surface area is 148 Å². The zero-order chi connectivity index (χ0) is 16.4. The van der Waals surface area contributed by atoms with Crippen LogP contribution in [0.3, 0.4) is 0 Å². The van der Waals surface area contributed by atoms with Gasteiger partial charge in [0, 0.05) is 51.8 Å². The lowest BCUT2D eigenvalue weighted by Crippen LogP contribution is -2.51. The molecule has 0 bridgehead atoms. The summed E-state index contributed by atoms with van der Waals surface area (Å²) in [4.78, 5) is 10.1. The van der Waals surface area contributed by atoms with Crippen molar-refractivity contribution in [2.45, 2.75) is 25.8 Å². The van der Waals surface area contributed by atoms with Crippen molar-refractivity contribution in [1.82, 2.24) is 14.8 Å². The predicted octanol–water partition coefficient (Wildman–Crippen LogP) is 2.88. The number of thiazole rings is 1. The summed E-state index contributed by atoms with van der Waals surface area (Å²) in [5.41, 5.74) is 1.15. The first-order valence-corrected chi connectivity index (χ1v) is 9.98. The molecule has 4 rings (SSSR count). The van der Waals surface area contributed by atoms with E-state index in [0.717, 1.165) is 31.1 Å². The zero-order valence-electron chi connectivity index (χ0n) is 14.5. The third kappa shape index (κ3) is 3.80. The molecule has 0 amide bonds. The van der Waals surface area contributed by atoms with E-state index < -0.39 is 0 Å². The first kappa shape index (κ1) is 16.5. The standard InChI is InChI=1S/C19H27N3OS/c1-15(12-19-20-17-4-2-3-5-18(17)24-19)22-9-7-21(8-10-22)13-16-6-11-23-14-16/h2-5,15-16H,6-14H2,1H3. The molecule has 4 nitrogen and oxygen atoms in total. The number of nitrogens with zero attached hydrogens (tertiary/aromatic N) is 3. The summed E-state index contributed by atoms with van der Waals surface area (Å²) in [7, 11) is 0. The SMILES string of the molecule is CC(Cc1nc2ccccc2s1)N1CCN(CC2CCOC2)CC1. The topological polar surface area (TPSA) is 28.6 Å². The van der Waals surface area contributed by atoms with Crippen LogP contribution in [-0.4, -0.2) is 66.8 Å². The molecular formula is C19H27N3OS. The monoisotopic (exact) mass is 345 g/mol. The van der Waals surface area contributed by atoms with E-state index in [4.69, 9.17) is 9.72 Å². The molecule has 0 aliphatic carbocycles. The number of aromatic nitrogens is 1. The van der Waals surface area contributed by atoms with Crippen LogP contribution in [0.15, 0.2) is 24.3 Å². The lowest BCUT2D eigenvalue weighted by Gasteiger charge is -2.38. The second-order valence-corrected chi connectivity index (χ2v) is 8.31. The highest BCUT2D eigenvalue weighted by atomic mass is 32.1. The van der Waals surface area contributed by atoms with Gasteiger partial charge in [-0.2, -0.15) is 0 Å². The molecule has 3 heterocycles. The van der Waals surface area contributed by atoms with Crippen LogP contribution in [-0.2, 0) is 11.2 Å². The van der Waals surface area contributed by atoms with Crippen LogP contribution in [0.5, 0.6) is 0 Å². The van der Waals surface area contributed by atoms with Gasteiger partial charge < -0.3 is 9.64 Å². The van der Waals surface area contributed by atoms with Crippen molar-refractivity contribution in [2.75, 3.05) is 45.9 Å². The molecule has 24 heavy (non-hydrogen) atoms. The zero-order valence-corrected chi connectivity index (χ0v) is 15.3. The van der Waals surface area contributed by atoms with E-state index >= 15 is 0 Å². The van der Waals surface area contributed by atoms with E-state index in [-0.39, 0.29) is 0 Å². The summed E-state index contributed by atoms with van der Waals surface area (Å²) in [6.45, 7) is 10.3. The lowest BCUT2D eigenvalue weighted by atomic mass is 10.1. The quantitative estimate of drug-likeness (QED) is 0.833. The molecule has 2 aromatic rings. The van der Waals surface area contributed by atoms with Crippen molar-refractivity contribution in [1.29, 1.82) is 0 Å². The first-order valence-electron chi connectivity index (χ1n) is 9.16. The fraction of sp³-hybridized carbons (Fsp3) is 0.632. The molecule has 130 valence electrons. The molecule has 2 atom stereocenters. The van der Waals surface area contributed by atoms with Gasteiger partial charge in [-0.3, -0.25) is 4.90 Å². The second-order valence-electron chi connectivity index (χ2n) is 7.19. The van der Waals surface area contributed by atoms with Crippen LogP contribution in [0, 0.1) is 5.92 Å². The number of benzene rings is 1. The highest BCUT2D eigenvalue weighted by Crippen LogP contribution is 2.24. The Kier molecular flexibility index (Phi) is 5.13. The molecule has 0 spiro atoms. The summed E-state index contributed by atoms with van der Waals surface area (Å²) in [5, 5.41) is 1.27. The summed E-state index contributed by atoms with van der Waals surface area (Å²) in [6.07, 6.45) is 2.31. The van der Waals surface area contributed by atoms with Crippen molar-refractivity contribution in [3.63, 3.8) is 0 Å². The van der Waals surface area contributed by atoms with Crippen LogP contribution in [0.1, 0.15) is 18.4 Å². The Morgan fingerprint density at radius 3 is 2.83 bits per heavy atom. The van der Waals surface area contributed by atoms with Crippen molar-refractivity contribution < 1.29 is 4.74 Å².